The van der Waals surface area contributed by atoms with Crippen molar-refractivity contribution in [1.82, 2.24) is 29.5 Å². The van der Waals surface area contributed by atoms with E-state index in [0.717, 1.165) is 32.8 Å². The number of imidazole rings is 1. The van der Waals surface area contributed by atoms with Gasteiger partial charge < -0.3 is 14.6 Å². The maximum absolute atomic E-state index is 6.04. The summed E-state index contributed by atoms with van der Waals surface area (Å²) < 4.78 is 10.1. The SMILES string of the molecule is CCn1cc(CNC[C@@H]2OCCN(C)[C@H]2c2cncn2C)cn1. The lowest BCUT2D eigenvalue weighted by Gasteiger charge is -2.39. The second-order valence-corrected chi connectivity index (χ2v) is 6.10. The van der Waals surface area contributed by atoms with E-state index in [0.29, 0.717) is 0 Å². The molecule has 1 saturated heterocycles. The number of morpholine rings is 1. The van der Waals surface area contributed by atoms with Crippen LogP contribution in [0.4, 0.5) is 0 Å². The normalized spacial score (nSPS) is 22.6. The second kappa shape index (κ2) is 7.25. The zero-order valence-corrected chi connectivity index (χ0v) is 14.1. The number of aryl methyl sites for hydroxylation is 2. The molecule has 0 spiro atoms. The van der Waals surface area contributed by atoms with E-state index < -0.39 is 0 Å². The number of likely N-dealkylation sites (N-methyl/N-ethyl adjacent to an activating group) is 1. The van der Waals surface area contributed by atoms with Crippen molar-refractivity contribution < 1.29 is 4.74 Å². The molecule has 2 atom stereocenters. The molecular formula is C16H26N6O. The van der Waals surface area contributed by atoms with E-state index in [2.05, 4.69) is 45.0 Å². The summed E-state index contributed by atoms with van der Waals surface area (Å²) in [6.45, 7) is 6.31. The molecule has 0 saturated carbocycles. The third kappa shape index (κ3) is 3.63. The molecule has 126 valence electrons. The minimum absolute atomic E-state index is 0.116. The Hall–Kier alpha value is -1.70. The van der Waals surface area contributed by atoms with Gasteiger partial charge in [-0.25, -0.2) is 4.98 Å². The maximum atomic E-state index is 6.04. The molecule has 0 amide bonds. The Morgan fingerprint density at radius 3 is 2.91 bits per heavy atom. The topological polar surface area (TPSA) is 60.1 Å². The number of ether oxygens (including phenoxy) is 1. The van der Waals surface area contributed by atoms with Gasteiger partial charge in [0.2, 0.25) is 0 Å². The quantitative estimate of drug-likeness (QED) is 0.854. The monoisotopic (exact) mass is 318 g/mol. The van der Waals surface area contributed by atoms with Crippen LogP contribution < -0.4 is 5.32 Å². The third-order valence-corrected chi connectivity index (χ3v) is 4.45. The van der Waals surface area contributed by atoms with E-state index in [9.17, 15) is 0 Å². The number of hydrogen-bond acceptors (Lipinski definition) is 5. The predicted molar refractivity (Wildman–Crippen MR) is 87.9 cm³/mol. The molecule has 23 heavy (non-hydrogen) atoms. The zero-order chi connectivity index (χ0) is 16.2. The van der Waals surface area contributed by atoms with Crippen molar-refractivity contribution >= 4 is 0 Å². The lowest BCUT2D eigenvalue weighted by molar-refractivity contribution is -0.0636. The van der Waals surface area contributed by atoms with E-state index in [1.165, 1.54) is 11.3 Å². The van der Waals surface area contributed by atoms with Gasteiger partial charge in [-0.15, -0.1) is 0 Å². The van der Waals surface area contributed by atoms with Gasteiger partial charge in [0.15, 0.2) is 0 Å². The van der Waals surface area contributed by atoms with Gasteiger partial charge in [0.1, 0.15) is 0 Å². The number of aromatic nitrogens is 4. The Balaban J connectivity index is 1.61. The van der Waals surface area contributed by atoms with Crippen LogP contribution in [-0.4, -0.2) is 57.1 Å². The van der Waals surface area contributed by atoms with Crippen LogP contribution >= 0.6 is 0 Å². The van der Waals surface area contributed by atoms with Gasteiger partial charge >= 0.3 is 0 Å². The van der Waals surface area contributed by atoms with Gasteiger partial charge in [-0.2, -0.15) is 5.10 Å². The van der Waals surface area contributed by atoms with Crippen LogP contribution in [0.25, 0.3) is 0 Å². The molecule has 3 rings (SSSR count). The molecule has 7 heteroatoms. The summed E-state index contributed by atoms with van der Waals surface area (Å²) in [4.78, 5) is 6.60. The van der Waals surface area contributed by atoms with Crippen LogP contribution in [0.1, 0.15) is 24.2 Å². The van der Waals surface area contributed by atoms with E-state index in [1.54, 1.807) is 0 Å². The van der Waals surface area contributed by atoms with E-state index in [1.807, 2.05) is 30.5 Å². The van der Waals surface area contributed by atoms with Crippen LogP contribution in [-0.2, 0) is 24.9 Å². The van der Waals surface area contributed by atoms with E-state index in [4.69, 9.17) is 4.74 Å². The molecule has 7 nitrogen and oxygen atoms in total. The fourth-order valence-electron chi connectivity index (χ4n) is 3.13. The van der Waals surface area contributed by atoms with Crippen molar-refractivity contribution in [3.63, 3.8) is 0 Å². The molecular weight excluding hydrogens is 292 g/mol. The van der Waals surface area contributed by atoms with Crippen molar-refractivity contribution in [1.29, 1.82) is 0 Å². The molecule has 0 bridgehead atoms. The van der Waals surface area contributed by atoms with Crippen LogP contribution in [0.15, 0.2) is 24.9 Å². The first-order valence-electron chi connectivity index (χ1n) is 8.19. The molecule has 2 aromatic heterocycles. The van der Waals surface area contributed by atoms with Crippen LogP contribution in [0.3, 0.4) is 0 Å². The molecule has 1 fully saturated rings. The van der Waals surface area contributed by atoms with E-state index >= 15 is 0 Å². The Morgan fingerprint density at radius 1 is 1.35 bits per heavy atom. The number of nitrogens with one attached hydrogen (secondary N) is 1. The summed E-state index contributed by atoms with van der Waals surface area (Å²) in [6.07, 6.45) is 7.91. The van der Waals surface area contributed by atoms with Crippen molar-refractivity contribution in [3.8, 4) is 0 Å². The number of hydrogen-bond donors (Lipinski definition) is 1. The first kappa shape index (κ1) is 16.2. The van der Waals surface area contributed by atoms with Crippen molar-refractivity contribution in [2.45, 2.75) is 32.2 Å². The molecule has 3 heterocycles. The minimum atomic E-state index is 0.116. The smallest absolute Gasteiger partial charge is 0.0946 e. The predicted octanol–water partition coefficient (Wildman–Crippen LogP) is 0.798. The Morgan fingerprint density at radius 2 is 2.22 bits per heavy atom. The minimum Gasteiger partial charge on any atom is -0.374 e. The highest BCUT2D eigenvalue weighted by Crippen LogP contribution is 2.27. The fraction of sp³-hybridized carbons (Fsp3) is 0.625. The first-order chi connectivity index (χ1) is 11.2. The summed E-state index contributed by atoms with van der Waals surface area (Å²) in [6, 6.07) is 0.224. The molecule has 1 aliphatic heterocycles. The summed E-state index contributed by atoms with van der Waals surface area (Å²) in [7, 11) is 4.19. The molecule has 1 aliphatic rings. The van der Waals surface area contributed by atoms with Gasteiger partial charge in [-0.05, 0) is 14.0 Å². The third-order valence-electron chi connectivity index (χ3n) is 4.45. The van der Waals surface area contributed by atoms with Crippen molar-refractivity contribution in [2.24, 2.45) is 7.05 Å². The maximum Gasteiger partial charge on any atom is 0.0946 e. The molecule has 0 aromatic carbocycles. The van der Waals surface area contributed by atoms with Gasteiger partial charge in [-0.1, -0.05) is 0 Å². The first-order valence-corrected chi connectivity index (χ1v) is 8.19. The van der Waals surface area contributed by atoms with E-state index in [-0.39, 0.29) is 12.1 Å². The number of rotatable bonds is 6. The molecule has 0 unspecified atom stereocenters. The molecule has 0 radical (unpaired) electrons. The zero-order valence-electron chi connectivity index (χ0n) is 14.1. The van der Waals surface area contributed by atoms with Gasteiger partial charge in [0, 0.05) is 51.2 Å². The summed E-state index contributed by atoms with van der Waals surface area (Å²) in [5.74, 6) is 0. The highest BCUT2D eigenvalue weighted by molar-refractivity contribution is 5.09. The summed E-state index contributed by atoms with van der Waals surface area (Å²) >= 11 is 0. The van der Waals surface area contributed by atoms with Gasteiger partial charge in [0.05, 0.1) is 37.0 Å². The lowest BCUT2D eigenvalue weighted by Crippen LogP contribution is -2.47. The molecule has 1 N–H and O–H groups in total. The number of nitrogens with zero attached hydrogens (tertiary/aromatic N) is 5. The summed E-state index contributed by atoms with van der Waals surface area (Å²) in [5, 5.41) is 7.81. The van der Waals surface area contributed by atoms with Gasteiger partial charge in [0.25, 0.3) is 0 Å². The van der Waals surface area contributed by atoms with Crippen molar-refractivity contribution in [3.05, 3.63) is 36.2 Å². The largest absolute Gasteiger partial charge is 0.374 e. The summed E-state index contributed by atoms with van der Waals surface area (Å²) in [5.41, 5.74) is 2.39. The van der Waals surface area contributed by atoms with Crippen LogP contribution in [0.2, 0.25) is 0 Å². The second-order valence-electron chi connectivity index (χ2n) is 6.10. The van der Waals surface area contributed by atoms with Crippen LogP contribution in [0, 0.1) is 0 Å². The Bertz CT molecular complexity index is 622. The van der Waals surface area contributed by atoms with Crippen molar-refractivity contribution in [2.75, 3.05) is 26.7 Å². The Kier molecular flexibility index (Phi) is 5.09. The molecule has 0 aliphatic carbocycles. The molecule has 2 aromatic rings. The highest BCUT2D eigenvalue weighted by atomic mass is 16.5. The van der Waals surface area contributed by atoms with Crippen LogP contribution in [0.5, 0.6) is 0 Å². The fourth-order valence-corrected chi connectivity index (χ4v) is 3.13. The average Bonchev–Trinajstić information content (AvgIpc) is 3.17. The Labute approximate surface area is 137 Å². The van der Waals surface area contributed by atoms with Gasteiger partial charge in [-0.3, -0.25) is 9.58 Å². The highest BCUT2D eigenvalue weighted by Gasteiger charge is 2.32. The lowest BCUT2D eigenvalue weighted by atomic mass is 10.0. The standard InChI is InChI=1S/C16H26N6O/c1-4-22-11-13(8-19-22)7-17-10-15-16(20(2)5-6-23-15)14-9-18-12-21(14)3/h8-9,11-12,15-17H,4-7,10H2,1-3H3/t15-,16-/m0/s1. The average molecular weight is 318 g/mol.